The van der Waals surface area contributed by atoms with Crippen LogP contribution in [0.4, 0.5) is 21.5 Å². The van der Waals surface area contributed by atoms with Gasteiger partial charge in [0.1, 0.15) is 5.00 Å². The fourth-order valence-corrected chi connectivity index (χ4v) is 2.72. The van der Waals surface area contributed by atoms with E-state index in [-0.39, 0.29) is 11.8 Å². The molecule has 1 aromatic carbocycles. The summed E-state index contributed by atoms with van der Waals surface area (Å²) in [5.74, 6) is -0.646. The Labute approximate surface area is 143 Å². The van der Waals surface area contributed by atoms with Crippen LogP contribution in [0, 0.1) is 6.92 Å². The lowest BCUT2D eigenvalue weighted by Gasteiger charge is -2.12. The Bertz CT molecular complexity index is 739. The Balaban J connectivity index is 2.25. The maximum Gasteiger partial charge on any atom is 0.259 e. The van der Waals surface area contributed by atoms with E-state index in [1.54, 1.807) is 25.1 Å². The number of hydrogen-bond donors (Lipinski definition) is 5. The summed E-state index contributed by atoms with van der Waals surface area (Å²) in [6, 6.07) is 5.06. The quantitative estimate of drug-likeness (QED) is 0.538. The van der Waals surface area contributed by atoms with Gasteiger partial charge >= 0.3 is 0 Å². The number of aromatic nitrogens is 1. The first-order valence-electron chi connectivity index (χ1n) is 7.30. The number of benzene rings is 1. The van der Waals surface area contributed by atoms with Crippen LogP contribution >= 0.6 is 11.3 Å². The summed E-state index contributed by atoms with van der Waals surface area (Å²) in [6.45, 7) is 4.21. The molecule has 0 aliphatic heterocycles. The predicted octanol–water partition coefficient (Wildman–Crippen LogP) is 1.62. The Hall–Kier alpha value is -2.65. The topological polar surface area (TPSA) is 135 Å². The summed E-state index contributed by atoms with van der Waals surface area (Å²) < 4.78 is 0. The third kappa shape index (κ3) is 4.43. The number of anilines is 4. The minimum absolute atomic E-state index is 0.269. The number of aryl methyl sites for hydroxylation is 1. The van der Waals surface area contributed by atoms with Gasteiger partial charge in [-0.1, -0.05) is 11.3 Å². The lowest BCUT2D eigenvalue weighted by Crippen LogP contribution is -2.18. The number of nitrogens with zero attached hydrogens (tertiary/aromatic N) is 1. The minimum atomic E-state index is -0.377. The molecule has 8 nitrogen and oxygen atoms in total. The molecule has 0 fully saturated rings. The highest BCUT2D eigenvalue weighted by Crippen LogP contribution is 2.27. The van der Waals surface area contributed by atoms with E-state index in [4.69, 9.17) is 11.5 Å². The highest BCUT2D eigenvalue weighted by Gasteiger charge is 2.15. The second-order valence-corrected chi connectivity index (χ2v) is 6.11. The van der Waals surface area contributed by atoms with Gasteiger partial charge in [-0.3, -0.25) is 14.9 Å². The molecule has 9 heteroatoms. The zero-order valence-corrected chi connectivity index (χ0v) is 14.3. The number of rotatable bonds is 6. The number of thiazole rings is 1. The molecule has 2 aromatic rings. The lowest BCUT2D eigenvalue weighted by atomic mass is 10.1. The summed E-state index contributed by atoms with van der Waals surface area (Å²) >= 11 is 1.19. The van der Waals surface area contributed by atoms with Crippen molar-refractivity contribution >= 4 is 44.7 Å². The van der Waals surface area contributed by atoms with Crippen molar-refractivity contribution in [2.75, 3.05) is 34.8 Å². The van der Waals surface area contributed by atoms with Crippen molar-refractivity contribution in [3.05, 3.63) is 29.5 Å². The zero-order valence-electron chi connectivity index (χ0n) is 13.5. The molecule has 0 unspecified atom stereocenters. The molecule has 2 rings (SSSR count). The molecule has 0 aliphatic carbocycles. The summed E-state index contributed by atoms with van der Waals surface area (Å²) in [6.07, 6.45) is 0. The Morgan fingerprint density at radius 3 is 2.62 bits per heavy atom. The van der Waals surface area contributed by atoms with Crippen LogP contribution in [0.5, 0.6) is 0 Å². The molecule has 7 N–H and O–H groups in total. The van der Waals surface area contributed by atoms with E-state index in [0.29, 0.717) is 40.2 Å². The van der Waals surface area contributed by atoms with E-state index in [0.717, 1.165) is 5.69 Å². The van der Waals surface area contributed by atoms with Gasteiger partial charge in [-0.15, -0.1) is 0 Å². The Kier molecular flexibility index (Phi) is 5.72. The van der Waals surface area contributed by atoms with Crippen LogP contribution in [0.15, 0.2) is 18.2 Å². The summed E-state index contributed by atoms with van der Waals surface area (Å²) in [4.78, 5) is 28.1. The average Bonchev–Trinajstić information content (AvgIpc) is 2.82. The number of carbonyl (C=O) groups is 2. The standard InChI is InChI=1S/C15H20N6O2S/c1-8-13(17)24-15(19-8)21-14(23)11-4-3-10(18-6-5-16)7-12(11)20-9(2)22/h3-4,7,18H,5-6,16-17H2,1-2H3,(H,20,22)(H,19,21,23). The van der Waals surface area contributed by atoms with Crippen molar-refractivity contribution in [3.8, 4) is 0 Å². The molecule has 24 heavy (non-hydrogen) atoms. The van der Waals surface area contributed by atoms with Crippen LogP contribution < -0.4 is 27.4 Å². The molecular formula is C15H20N6O2S. The molecule has 0 bridgehead atoms. The largest absolute Gasteiger partial charge is 0.389 e. The third-order valence-electron chi connectivity index (χ3n) is 3.10. The fourth-order valence-electron chi connectivity index (χ4n) is 1.99. The summed E-state index contributed by atoms with van der Waals surface area (Å²) in [5, 5.41) is 9.41. The zero-order chi connectivity index (χ0) is 17.7. The van der Waals surface area contributed by atoms with Crippen molar-refractivity contribution in [3.63, 3.8) is 0 Å². The molecule has 1 heterocycles. The Morgan fingerprint density at radius 2 is 2.04 bits per heavy atom. The highest BCUT2D eigenvalue weighted by atomic mass is 32.1. The van der Waals surface area contributed by atoms with Crippen molar-refractivity contribution < 1.29 is 9.59 Å². The molecule has 0 radical (unpaired) electrons. The number of amides is 2. The summed E-state index contributed by atoms with van der Waals surface area (Å²) in [5.41, 5.74) is 13.4. The lowest BCUT2D eigenvalue weighted by molar-refractivity contribution is -0.114. The molecule has 2 amide bonds. The SMILES string of the molecule is CC(=O)Nc1cc(NCCN)ccc1C(=O)Nc1nc(C)c(N)s1. The second-order valence-electron chi connectivity index (χ2n) is 5.08. The minimum Gasteiger partial charge on any atom is -0.389 e. The maximum absolute atomic E-state index is 12.5. The van der Waals surface area contributed by atoms with Gasteiger partial charge in [0.25, 0.3) is 5.91 Å². The maximum atomic E-state index is 12.5. The van der Waals surface area contributed by atoms with Crippen LogP contribution in [0.2, 0.25) is 0 Å². The number of nitrogen functional groups attached to an aromatic ring is 1. The molecule has 1 aromatic heterocycles. The smallest absolute Gasteiger partial charge is 0.259 e. The van der Waals surface area contributed by atoms with Gasteiger partial charge in [-0.05, 0) is 25.1 Å². The highest BCUT2D eigenvalue weighted by molar-refractivity contribution is 7.19. The normalized spacial score (nSPS) is 10.3. The molecule has 0 saturated heterocycles. The first-order chi connectivity index (χ1) is 11.4. The van der Waals surface area contributed by atoms with E-state index in [1.165, 1.54) is 18.3 Å². The van der Waals surface area contributed by atoms with Crippen LogP contribution in [0.1, 0.15) is 23.0 Å². The van der Waals surface area contributed by atoms with Gasteiger partial charge in [-0.2, -0.15) is 0 Å². The molecule has 0 saturated carbocycles. The van der Waals surface area contributed by atoms with E-state index < -0.39 is 0 Å². The number of carbonyl (C=O) groups excluding carboxylic acids is 2. The van der Waals surface area contributed by atoms with E-state index in [2.05, 4.69) is 20.9 Å². The monoisotopic (exact) mass is 348 g/mol. The van der Waals surface area contributed by atoms with E-state index in [9.17, 15) is 9.59 Å². The molecule has 0 aliphatic rings. The van der Waals surface area contributed by atoms with Gasteiger partial charge in [0.2, 0.25) is 5.91 Å². The van der Waals surface area contributed by atoms with Crippen molar-refractivity contribution in [2.24, 2.45) is 5.73 Å². The third-order valence-corrected chi connectivity index (χ3v) is 4.00. The summed E-state index contributed by atoms with van der Waals surface area (Å²) in [7, 11) is 0. The number of nitrogens with two attached hydrogens (primary N) is 2. The van der Waals surface area contributed by atoms with Crippen molar-refractivity contribution in [1.82, 2.24) is 4.98 Å². The van der Waals surface area contributed by atoms with E-state index >= 15 is 0 Å². The van der Waals surface area contributed by atoms with Gasteiger partial charge < -0.3 is 22.1 Å². The molecule has 0 atom stereocenters. The van der Waals surface area contributed by atoms with Gasteiger partial charge in [0, 0.05) is 25.7 Å². The van der Waals surface area contributed by atoms with Gasteiger partial charge in [0.15, 0.2) is 5.13 Å². The van der Waals surface area contributed by atoms with Crippen LogP contribution in [-0.2, 0) is 4.79 Å². The fraction of sp³-hybridized carbons (Fsp3) is 0.267. The van der Waals surface area contributed by atoms with Crippen molar-refractivity contribution in [2.45, 2.75) is 13.8 Å². The van der Waals surface area contributed by atoms with Crippen LogP contribution in [0.25, 0.3) is 0 Å². The first kappa shape index (κ1) is 17.7. The number of hydrogen-bond acceptors (Lipinski definition) is 7. The predicted molar refractivity (Wildman–Crippen MR) is 97.5 cm³/mol. The Morgan fingerprint density at radius 1 is 1.29 bits per heavy atom. The van der Waals surface area contributed by atoms with Crippen LogP contribution in [-0.4, -0.2) is 29.9 Å². The molecular weight excluding hydrogens is 328 g/mol. The van der Waals surface area contributed by atoms with Gasteiger partial charge in [-0.25, -0.2) is 4.98 Å². The first-order valence-corrected chi connectivity index (χ1v) is 8.12. The molecule has 0 spiro atoms. The van der Waals surface area contributed by atoms with E-state index in [1.807, 2.05) is 0 Å². The van der Waals surface area contributed by atoms with Gasteiger partial charge in [0.05, 0.1) is 16.9 Å². The van der Waals surface area contributed by atoms with Crippen molar-refractivity contribution in [1.29, 1.82) is 0 Å². The molecule has 128 valence electrons. The average molecular weight is 348 g/mol. The second kappa shape index (κ2) is 7.75. The number of nitrogens with one attached hydrogen (secondary N) is 3. The van der Waals surface area contributed by atoms with Crippen LogP contribution in [0.3, 0.4) is 0 Å².